The van der Waals surface area contributed by atoms with Crippen LogP contribution in [0.25, 0.3) is 0 Å². The summed E-state index contributed by atoms with van der Waals surface area (Å²) < 4.78 is 7.27. The molecule has 130 valence electrons. The van der Waals surface area contributed by atoms with Crippen molar-refractivity contribution in [3.63, 3.8) is 0 Å². The van der Waals surface area contributed by atoms with Crippen LogP contribution in [-0.4, -0.2) is 54.3 Å². The van der Waals surface area contributed by atoms with Gasteiger partial charge in [-0.05, 0) is 38.3 Å². The molecule has 4 heterocycles. The minimum Gasteiger partial charge on any atom is -0.377 e. The van der Waals surface area contributed by atoms with Crippen molar-refractivity contribution in [2.45, 2.75) is 31.8 Å². The molecule has 3 saturated heterocycles. The van der Waals surface area contributed by atoms with E-state index in [1.165, 1.54) is 10.6 Å². The standard InChI is InChI=1S/C18H25N3O3/c1-19-10-14(5-6-16(19)22)21-13-18(17(21)23)7-3-8-20(12-18)11-15-4-2-9-24-15/h5-6,10,15H,2-4,7-9,11-13H2,1H3/t15-,18-/m1/s1. The normalized spacial score (nSPS) is 30.8. The second-order valence-electron chi connectivity index (χ2n) is 7.48. The number of piperidine rings is 1. The Hall–Kier alpha value is -1.66. The van der Waals surface area contributed by atoms with E-state index in [0.29, 0.717) is 6.10 Å². The van der Waals surface area contributed by atoms with Crippen LogP contribution in [0.2, 0.25) is 0 Å². The Balaban J connectivity index is 1.43. The van der Waals surface area contributed by atoms with Crippen molar-refractivity contribution in [2.24, 2.45) is 12.5 Å². The van der Waals surface area contributed by atoms with E-state index in [9.17, 15) is 9.59 Å². The van der Waals surface area contributed by atoms with Crippen molar-refractivity contribution in [3.8, 4) is 0 Å². The predicted molar refractivity (Wildman–Crippen MR) is 91.1 cm³/mol. The number of rotatable bonds is 3. The Bertz CT molecular complexity index is 695. The number of pyridine rings is 1. The summed E-state index contributed by atoms with van der Waals surface area (Å²) in [6.07, 6.45) is 6.43. The zero-order valence-electron chi connectivity index (χ0n) is 14.2. The molecule has 3 aliphatic heterocycles. The molecule has 1 aromatic rings. The van der Waals surface area contributed by atoms with Gasteiger partial charge in [0, 0.05) is 45.6 Å². The molecule has 24 heavy (non-hydrogen) atoms. The molecule has 0 unspecified atom stereocenters. The number of likely N-dealkylation sites (tertiary alicyclic amines) is 1. The van der Waals surface area contributed by atoms with Crippen molar-refractivity contribution >= 4 is 11.6 Å². The van der Waals surface area contributed by atoms with Crippen molar-refractivity contribution in [3.05, 3.63) is 28.7 Å². The lowest BCUT2D eigenvalue weighted by atomic mass is 9.72. The van der Waals surface area contributed by atoms with Crippen LogP contribution in [-0.2, 0) is 16.6 Å². The summed E-state index contributed by atoms with van der Waals surface area (Å²) in [5.41, 5.74) is 0.539. The Morgan fingerprint density at radius 1 is 1.25 bits per heavy atom. The maximum atomic E-state index is 12.9. The summed E-state index contributed by atoms with van der Waals surface area (Å²) in [6, 6.07) is 3.28. The SMILES string of the molecule is Cn1cc(N2C[C@]3(CCCN(C[C@H]4CCCO4)C3)C2=O)ccc1=O. The van der Waals surface area contributed by atoms with Gasteiger partial charge in [0.2, 0.25) is 11.5 Å². The highest BCUT2D eigenvalue weighted by atomic mass is 16.5. The van der Waals surface area contributed by atoms with Gasteiger partial charge in [0.25, 0.3) is 0 Å². The van der Waals surface area contributed by atoms with E-state index in [4.69, 9.17) is 4.74 Å². The molecule has 1 aromatic heterocycles. The van der Waals surface area contributed by atoms with E-state index in [-0.39, 0.29) is 16.9 Å². The van der Waals surface area contributed by atoms with Gasteiger partial charge in [0.05, 0.1) is 17.2 Å². The summed E-state index contributed by atoms with van der Waals surface area (Å²) >= 11 is 0. The summed E-state index contributed by atoms with van der Waals surface area (Å²) in [6.45, 7) is 4.49. The molecule has 2 atom stereocenters. The number of amides is 1. The van der Waals surface area contributed by atoms with E-state index in [1.54, 1.807) is 19.3 Å². The summed E-state index contributed by atoms with van der Waals surface area (Å²) in [5, 5.41) is 0. The molecule has 3 aliphatic rings. The highest BCUT2D eigenvalue weighted by Gasteiger charge is 2.54. The number of anilines is 1. The molecule has 0 radical (unpaired) electrons. The van der Waals surface area contributed by atoms with Crippen LogP contribution in [0, 0.1) is 5.41 Å². The van der Waals surface area contributed by atoms with Crippen molar-refractivity contribution in [1.82, 2.24) is 9.47 Å². The topological polar surface area (TPSA) is 54.8 Å². The molecule has 4 rings (SSSR count). The van der Waals surface area contributed by atoms with Gasteiger partial charge in [-0.1, -0.05) is 0 Å². The third kappa shape index (κ3) is 2.67. The third-order valence-electron chi connectivity index (χ3n) is 5.68. The van der Waals surface area contributed by atoms with Crippen LogP contribution in [0.3, 0.4) is 0 Å². The molecule has 0 aliphatic carbocycles. The van der Waals surface area contributed by atoms with Crippen LogP contribution in [0.4, 0.5) is 5.69 Å². The number of ether oxygens (including phenoxy) is 1. The van der Waals surface area contributed by atoms with Crippen LogP contribution >= 0.6 is 0 Å². The zero-order valence-corrected chi connectivity index (χ0v) is 14.2. The predicted octanol–water partition coefficient (Wildman–Crippen LogP) is 0.993. The molecule has 6 nitrogen and oxygen atoms in total. The quantitative estimate of drug-likeness (QED) is 0.775. The number of aryl methyl sites for hydroxylation is 1. The first-order valence-corrected chi connectivity index (χ1v) is 8.90. The Kier molecular flexibility index (Phi) is 3.96. The Morgan fingerprint density at radius 2 is 2.12 bits per heavy atom. The molecular formula is C18H25N3O3. The van der Waals surface area contributed by atoms with Gasteiger partial charge in [0.1, 0.15) is 0 Å². The van der Waals surface area contributed by atoms with E-state index in [0.717, 1.165) is 64.2 Å². The van der Waals surface area contributed by atoms with Gasteiger partial charge >= 0.3 is 0 Å². The fourth-order valence-corrected chi connectivity index (χ4v) is 4.35. The van der Waals surface area contributed by atoms with Crippen LogP contribution in [0.1, 0.15) is 25.7 Å². The van der Waals surface area contributed by atoms with Gasteiger partial charge in [-0.15, -0.1) is 0 Å². The smallest absolute Gasteiger partial charge is 0.250 e. The number of nitrogens with zero attached hydrogens (tertiary/aromatic N) is 3. The van der Waals surface area contributed by atoms with Gasteiger partial charge in [0.15, 0.2) is 0 Å². The zero-order chi connectivity index (χ0) is 16.7. The van der Waals surface area contributed by atoms with Crippen molar-refractivity contribution in [1.29, 1.82) is 0 Å². The Morgan fingerprint density at radius 3 is 2.83 bits per heavy atom. The molecule has 0 bridgehead atoms. The van der Waals surface area contributed by atoms with Gasteiger partial charge in [-0.25, -0.2) is 0 Å². The first-order valence-electron chi connectivity index (χ1n) is 8.90. The monoisotopic (exact) mass is 331 g/mol. The molecule has 0 saturated carbocycles. The van der Waals surface area contributed by atoms with Crippen LogP contribution in [0.15, 0.2) is 23.1 Å². The molecule has 1 spiro atoms. The molecule has 0 aromatic carbocycles. The number of aromatic nitrogens is 1. The Labute approximate surface area is 142 Å². The molecular weight excluding hydrogens is 306 g/mol. The van der Waals surface area contributed by atoms with E-state index in [1.807, 2.05) is 4.90 Å². The van der Waals surface area contributed by atoms with Gasteiger partial charge in [-0.3, -0.25) is 14.5 Å². The second-order valence-corrected chi connectivity index (χ2v) is 7.48. The number of carbonyl (C=O) groups excluding carboxylic acids is 1. The number of hydrogen-bond acceptors (Lipinski definition) is 4. The van der Waals surface area contributed by atoms with Crippen molar-refractivity contribution < 1.29 is 9.53 Å². The number of hydrogen-bond donors (Lipinski definition) is 0. The fourth-order valence-electron chi connectivity index (χ4n) is 4.35. The maximum Gasteiger partial charge on any atom is 0.250 e. The highest BCUT2D eigenvalue weighted by Crippen LogP contribution is 2.42. The average Bonchev–Trinajstić information content (AvgIpc) is 3.08. The number of β-lactam (4-membered cyclic amide) rings is 1. The third-order valence-corrected chi connectivity index (χ3v) is 5.68. The van der Waals surface area contributed by atoms with E-state index in [2.05, 4.69) is 4.90 Å². The van der Waals surface area contributed by atoms with Gasteiger partial charge < -0.3 is 14.2 Å². The average molecular weight is 331 g/mol. The lowest BCUT2D eigenvalue weighted by Gasteiger charge is -2.53. The van der Waals surface area contributed by atoms with Crippen LogP contribution < -0.4 is 10.5 Å². The first kappa shape index (κ1) is 15.8. The van der Waals surface area contributed by atoms with E-state index < -0.39 is 0 Å². The lowest BCUT2D eigenvalue weighted by molar-refractivity contribution is -0.139. The van der Waals surface area contributed by atoms with Crippen molar-refractivity contribution in [2.75, 3.05) is 37.7 Å². The van der Waals surface area contributed by atoms with E-state index >= 15 is 0 Å². The maximum absolute atomic E-state index is 12.9. The van der Waals surface area contributed by atoms with Gasteiger partial charge in [-0.2, -0.15) is 0 Å². The second kappa shape index (κ2) is 6.01. The molecule has 0 N–H and O–H groups in total. The number of carbonyl (C=O) groups is 1. The molecule has 6 heteroatoms. The summed E-state index contributed by atoms with van der Waals surface area (Å²) in [4.78, 5) is 28.7. The summed E-state index contributed by atoms with van der Waals surface area (Å²) in [7, 11) is 1.72. The largest absolute Gasteiger partial charge is 0.377 e. The van der Waals surface area contributed by atoms with Crippen LogP contribution in [0.5, 0.6) is 0 Å². The molecule has 3 fully saturated rings. The molecule has 1 amide bonds. The fraction of sp³-hybridized carbons (Fsp3) is 0.667. The minimum atomic E-state index is -0.231. The lowest BCUT2D eigenvalue weighted by Crippen LogP contribution is -2.67. The summed E-state index contributed by atoms with van der Waals surface area (Å²) in [5.74, 6) is 0.207. The first-order chi connectivity index (χ1) is 11.6. The minimum absolute atomic E-state index is 0.0539. The highest BCUT2D eigenvalue weighted by molar-refractivity contribution is 6.04.